The summed E-state index contributed by atoms with van der Waals surface area (Å²) in [5.74, 6) is -1.26. The number of aliphatic carboxylic acids is 1. The molecule has 1 aliphatic carbocycles. The number of carbonyl (C=O) groups is 2. The number of urea groups is 1. The molecule has 1 saturated carbocycles. The molecule has 0 aromatic carbocycles. The minimum Gasteiger partial charge on any atom is -0.479 e. The number of hydrogen-bond acceptors (Lipinski definition) is 3. The zero-order valence-electron chi connectivity index (χ0n) is 12.6. The van der Waals surface area contributed by atoms with Gasteiger partial charge < -0.3 is 20.4 Å². The molecule has 0 radical (unpaired) electrons. The van der Waals surface area contributed by atoms with Gasteiger partial charge in [0.1, 0.15) is 0 Å². The maximum absolute atomic E-state index is 11.9. The molecule has 1 atom stereocenters. The number of amides is 2. The van der Waals surface area contributed by atoms with Gasteiger partial charge in [0.05, 0.1) is 0 Å². The molecule has 1 rings (SSSR count). The number of carboxylic acids is 1. The van der Waals surface area contributed by atoms with Gasteiger partial charge in [0, 0.05) is 26.1 Å². The summed E-state index contributed by atoms with van der Waals surface area (Å²) in [4.78, 5) is 24.1. The zero-order valence-corrected chi connectivity index (χ0v) is 12.6. The molecule has 3 N–H and O–H groups in total. The number of carboxylic acid groups (broad SMARTS) is 1. The third-order valence-electron chi connectivity index (χ3n) is 4.16. The van der Waals surface area contributed by atoms with E-state index in [1.807, 2.05) is 0 Å². The summed E-state index contributed by atoms with van der Waals surface area (Å²) in [5, 5.41) is 20.3. The Morgan fingerprint density at radius 1 is 1.35 bits per heavy atom. The van der Waals surface area contributed by atoms with Gasteiger partial charge in [-0.15, -0.1) is 0 Å². The van der Waals surface area contributed by atoms with Crippen molar-refractivity contribution < 1.29 is 19.8 Å². The fraction of sp³-hybridized carbons (Fsp3) is 0.857. The minimum atomic E-state index is -1.42. The Bertz CT molecular complexity index is 347. The van der Waals surface area contributed by atoms with E-state index in [1.165, 1.54) is 0 Å². The summed E-state index contributed by atoms with van der Waals surface area (Å²) in [6.07, 6.45) is 2.80. The first kappa shape index (κ1) is 16.8. The van der Waals surface area contributed by atoms with Crippen LogP contribution in [0.15, 0.2) is 0 Å². The summed E-state index contributed by atoms with van der Waals surface area (Å²) in [6, 6.07) is 0.0414. The molecule has 1 unspecified atom stereocenters. The Morgan fingerprint density at radius 3 is 2.40 bits per heavy atom. The lowest BCUT2D eigenvalue weighted by Crippen LogP contribution is -2.46. The molecule has 0 saturated heterocycles. The van der Waals surface area contributed by atoms with E-state index in [1.54, 1.807) is 11.9 Å². The predicted octanol–water partition coefficient (Wildman–Crippen LogP) is 1.43. The summed E-state index contributed by atoms with van der Waals surface area (Å²) < 4.78 is 0. The van der Waals surface area contributed by atoms with Crippen LogP contribution in [0, 0.1) is 5.41 Å². The van der Waals surface area contributed by atoms with Crippen molar-refractivity contribution in [3.8, 4) is 0 Å². The lowest BCUT2D eigenvalue weighted by atomic mass is 9.75. The van der Waals surface area contributed by atoms with E-state index in [-0.39, 0.29) is 25.0 Å². The SMILES string of the molecule is CN(C(=O)NCCC(O)C(=O)O)C1CCC(C)(C)CC1. The van der Waals surface area contributed by atoms with Gasteiger partial charge in [-0.25, -0.2) is 9.59 Å². The van der Waals surface area contributed by atoms with Crippen molar-refractivity contribution in [2.24, 2.45) is 5.41 Å². The second kappa shape index (κ2) is 6.92. The highest BCUT2D eigenvalue weighted by Gasteiger charge is 2.30. The van der Waals surface area contributed by atoms with Crippen LogP contribution in [0.4, 0.5) is 4.79 Å². The Morgan fingerprint density at radius 2 is 1.90 bits per heavy atom. The molecule has 0 aromatic rings. The highest BCUT2D eigenvalue weighted by Crippen LogP contribution is 2.36. The summed E-state index contributed by atoms with van der Waals surface area (Å²) >= 11 is 0. The maximum atomic E-state index is 11.9. The lowest BCUT2D eigenvalue weighted by molar-refractivity contribution is -0.146. The van der Waals surface area contributed by atoms with E-state index in [0.717, 1.165) is 25.7 Å². The molecule has 6 nitrogen and oxygen atoms in total. The molecule has 116 valence electrons. The van der Waals surface area contributed by atoms with Crippen molar-refractivity contribution >= 4 is 12.0 Å². The summed E-state index contributed by atoms with van der Waals surface area (Å²) in [7, 11) is 1.77. The number of carbonyl (C=O) groups excluding carboxylic acids is 1. The van der Waals surface area contributed by atoms with Gasteiger partial charge in [0.25, 0.3) is 0 Å². The van der Waals surface area contributed by atoms with Crippen molar-refractivity contribution in [3.63, 3.8) is 0 Å². The van der Waals surface area contributed by atoms with Crippen LogP contribution in [0.25, 0.3) is 0 Å². The van der Waals surface area contributed by atoms with Crippen LogP contribution in [0.1, 0.15) is 46.0 Å². The number of hydrogen-bond donors (Lipinski definition) is 3. The number of rotatable bonds is 5. The topological polar surface area (TPSA) is 89.9 Å². The van der Waals surface area contributed by atoms with Gasteiger partial charge in [0.2, 0.25) is 0 Å². The minimum absolute atomic E-state index is 0.0204. The molecular weight excluding hydrogens is 260 g/mol. The molecule has 20 heavy (non-hydrogen) atoms. The number of aliphatic hydroxyl groups is 1. The molecule has 6 heteroatoms. The Hall–Kier alpha value is -1.30. The molecule has 0 heterocycles. The summed E-state index contributed by atoms with van der Waals surface area (Å²) in [5.41, 5.74) is 0.361. The zero-order chi connectivity index (χ0) is 15.3. The molecule has 1 aliphatic rings. The van der Waals surface area contributed by atoms with Gasteiger partial charge in [-0.1, -0.05) is 13.8 Å². The molecular formula is C14H26N2O4. The van der Waals surface area contributed by atoms with Crippen molar-refractivity contribution in [2.75, 3.05) is 13.6 Å². The summed E-state index contributed by atoms with van der Waals surface area (Å²) in [6.45, 7) is 4.65. The van der Waals surface area contributed by atoms with Crippen LogP contribution < -0.4 is 5.32 Å². The highest BCUT2D eigenvalue weighted by molar-refractivity contribution is 5.74. The first-order valence-corrected chi connectivity index (χ1v) is 7.14. The number of aliphatic hydroxyl groups excluding tert-OH is 1. The van der Waals surface area contributed by atoms with Gasteiger partial charge in [-0.05, 0) is 31.1 Å². The van der Waals surface area contributed by atoms with Gasteiger partial charge in [-0.3, -0.25) is 0 Å². The average Bonchev–Trinajstić information content (AvgIpc) is 2.37. The van der Waals surface area contributed by atoms with Crippen LogP contribution in [-0.2, 0) is 4.79 Å². The average molecular weight is 286 g/mol. The molecule has 0 aliphatic heterocycles. The molecule has 0 spiro atoms. The number of nitrogens with one attached hydrogen (secondary N) is 1. The van der Waals surface area contributed by atoms with Crippen molar-refractivity contribution in [2.45, 2.75) is 58.1 Å². The molecule has 1 fully saturated rings. The second-order valence-corrected chi connectivity index (χ2v) is 6.38. The lowest BCUT2D eigenvalue weighted by Gasteiger charge is -2.38. The fourth-order valence-corrected chi connectivity index (χ4v) is 2.50. The largest absolute Gasteiger partial charge is 0.479 e. The maximum Gasteiger partial charge on any atom is 0.332 e. The Balaban J connectivity index is 2.31. The first-order chi connectivity index (χ1) is 9.23. The first-order valence-electron chi connectivity index (χ1n) is 7.14. The van der Waals surface area contributed by atoms with Gasteiger partial charge >= 0.3 is 12.0 Å². The smallest absolute Gasteiger partial charge is 0.332 e. The van der Waals surface area contributed by atoms with E-state index in [2.05, 4.69) is 19.2 Å². The van der Waals surface area contributed by atoms with Crippen LogP contribution in [0.3, 0.4) is 0 Å². The van der Waals surface area contributed by atoms with Crippen molar-refractivity contribution in [1.29, 1.82) is 0 Å². The van der Waals surface area contributed by atoms with E-state index >= 15 is 0 Å². The Kier molecular flexibility index (Phi) is 5.80. The Labute approximate surface area is 120 Å². The fourth-order valence-electron chi connectivity index (χ4n) is 2.50. The van der Waals surface area contributed by atoms with Gasteiger partial charge in [0.15, 0.2) is 6.10 Å². The third kappa shape index (κ3) is 5.00. The second-order valence-electron chi connectivity index (χ2n) is 6.38. The van der Waals surface area contributed by atoms with E-state index in [9.17, 15) is 9.59 Å². The van der Waals surface area contributed by atoms with Crippen LogP contribution >= 0.6 is 0 Å². The van der Waals surface area contributed by atoms with Crippen LogP contribution in [-0.4, -0.2) is 52.9 Å². The van der Waals surface area contributed by atoms with E-state index < -0.39 is 12.1 Å². The van der Waals surface area contributed by atoms with Crippen molar-refractivity contribution in [3.05, 3.63) is 0 Å². The standard InChI is InChI=1S/C14H26N2O4/c1-14(2)7-4-10(5-8-14)16(3)13(20)15-9-6-11(17)12(18)19/h10-11,17H,4-9H2,1-3H3,(H,15,20)(H,18,19). The predicted molar refractivity (Wildman–Crippen MR) is 75.5 cm³/mol. The monoisotopic (exact) mass is 286 g/mol. The van der Waals surface area contributed by atoms with E-state index in [0.29, 0.717) is 5.41 Å². The normalized spacial score (nSPS) is 20.2. The number of nitrogens with zero attached hydrogens (tertiary/aromatic N) is 1. The van der Waals surface area contributed by atoms with Crippen LogP contribution in [0.2, 0.25) is 0 Å². The highest BCUT2D eigenvalue weighted by atomic mass is 16.4. The van der Waals surface area contributed by atoms with Gasteiger partial charge in [-0.2, -0.15) is 0 Å². The molecule has 2 amide bonds. The molecule has 0 aromatic heterocycles. The third-order valence-corrected chi connectivity index (χ3v) is 4.16. The van der Waals surface area contributed by atoms with Crippen molar-refractivity contribution in [1.82, 2.24) is 10.2 Å². The molecule has 0 bridgehead atoms. The van der Waals surface area contributed by atoms with E-state index in [4.69, 9.17) is 10.2 Å². The van der Waals surface area contributed by atoms with Crippen LogP contribution in [0.5, 0.6) is 0 Å². The quantitative estimate of drug-likeness (QED) is 0.713.